The van der Waals surface area contributed by atoms with Crippen molar-refractivity contribution >= 4 is 22.6 Å². The fraction of sp³-hybridized carbons (Fsp3) is 0.235. The van der Waals surface area contributed by atoms with Crippen LogP contribution in [0.2, 0.25) is 0 Å². The Kier molecular flexibility index (Phi) is 4.07. The monoisotopic (exact) mass is 282 g/mol. The first kappa shape index (κ1) is 13.3. The van der Waals surface area contributed by atoms with Crippen molar-refractivity contribution in [1.82, 2.24) is 0 Å². The first-order valence-electron chi connectivity index (χ1n) is 6.91. The van der Waals surface area contributed by atoms with Gasteiger partial charge in [0.2, 0.25) is 0 Å². The van der Waals surface area contributed by atoms with E-state index in [0.29, 0.717) is 5.92 Å². The van der Waals surface area contributed by atoms with Gasteiger partial charge in [-0.3, -0.25) is 4.99 Å². The van der Waals surface area contributed by atoms with Crippen LogP contribution in [-0.2, 0) is 0 Å². The van der Waals surface area contributed by atoms with Gasteiger partial charge in [-0.25, -0.2) is 0 Å². The molecule has 1 N–H and O–H groups in total. The van der Waals surface area contributed by atoms with Crippen LogP contribution in [0.3, 0.4) is 0 Å². The minimum Gasteiger partial charge on any atom is -0.334 e. The summed E-state index contributed by atoms with van der Waals surface area (Å²) < 4.78 is 0. The van der Waals surface area contributed by atoms with Crippen LogP contribution in [0.4, 0.5) is 5.69 Å². The van der Waals surface area contributed by atoms with Gasteiger partial charge in [-0.05, 0) is 17.5 Å². The third kappa shape index (κ3) is 3.05. The molecule has 3 rings (SSSR count). The topological polar surface area (TPSA) is 24.4 Å². The van der Waals surface area contributed by atoms with Gasteiger partial charge in [-0.15, -0.1) is 0 Å². The van der Waals surface area contributed by atoms with Gasteiger partial charge in [0, 0.05) is 23.5 Å². The number of amidine groups is 1. The molecule has 1 heterocycles. The van der Waals surface area contributed by atoms with Gasteiger partial charge in [0.25, 0.3) is 0 Å². The Morgan fingerprint density at radius 3 is 2.55 bits per heavy atom. The maximum absolute atomic E-state index is 4.61. The van der Waals surface area contributed by atoms with Crippen LogP contribution in [0.5, 0.6) is 0 Å². The lowest BCUT2D eigenvalue weighted by Gasteiger charge is -2.19. The number of hydrogen-bond donors (Lipinski definition) is 1. The largest absolute Gasteiger partial charge is 0.334 e. The van der Waals surface area contributed by atoms with Crippen LogP contribution in [0.15, 0.2) is 59.6 Å². The zero-order valence-electron chi connectivity index (χ0n) is 11.5. The number of para-hydroxylation sites is 1. The van der Waals surface area contributed by atoms with Crippen LogP contribution < -0.4 is 5.32 Å². The van der Waals surface area contributed by atoms with E-state index in [1.165, 1.54) is 11.1 Å². The van der Waals surface area contributed by atoms with Crippen molar-refractivity contribution in [2.75, 3.05) is 17.6 Å². The summed E-state index contributed by atoms with van der Waals surface area (Å²) >= 11 is 1.81. The summed E-state index contributed by atoms with van der Waals surface area (Å²) in [7, 11) is 0. The van der Waals surface area contributed by atoms with E-state index in [0.717, 1.165) is 23.2 Å². The molecular weight excluding hydrogens is 264 g/mol. The number of benzene rings is 2. The lowest BCUT2D eigenvalue weighted by molar-refractivity contribution is 0.674. The van der Waals surface area contributed by atoms with Crippen molar-refractivity contribution in [3.8, 4) is 11.1 Å². The zero-order chi connectivity index (χ0) is 13.8. The predicted octanol–water partition coefficient (Wildman–Crippen LogP) is 4.50. The number of nitrogens with zero attached hydrogens (tertiary/aromatic N) is 1. The lowest BCUT2D eigenvalue weighted by atomic mass is 10.0. The summed E-state index contributed by atoms with van der Waals surface area (Å²) in [5, 5.41) is 4.52. The van der Waals surface area contributed by atoms with E-state index in [1.54, 1.807) is 0 Å². The SMILES string of the molecule is CC1CN=C(Nc2ccccc2-c2ccccc2)SC1. The number of nitrogens with one attached hydrogen (secondary N) is 1. The van der Waals surface area contributed by atoms with Gasteiger partial charge in [-0.2, -0.15) is 0 Å². The highest BCUT2D eigenvalue weighted by Crippen LogP contribution is 2.29. The second kappa shape index (κ2) is 6.14. The van der Waals surface area contributed by atoms with Gasteiger partial charge in [-0.1, -0.05) is 67.2 Å². The van der Waals surface area contributed by atoms with Crippen LogP contribution in [-0.4, -0.2) is 17.5 Å². The highest BCUT2D eigenvalue weighted by Gasteiger charge is 2.13. The summed E-state index contributed by atoms with van der Waals surface area (Å²) in [6.45, 7) is 3.16. The number of rotatable bonds is 2. The van der Waals surface area contributed by atoms with Crippen molar-refractivity contribution in [3.05, 3.63) is 54.6 Å². The summed E-state index contributed by atoms with van der Waals surface area (Å²) in [6.07, 6.45) is 0. The average molecular weight is 282 g/mol. The molecular formula is C17H18N2S. The second-order valence-electron chi connectivity index (χ2n) is 5.10. The standard InChI is InChI=1S/C17H18N2S/c1-13-11-18-17(20-12-13)19-16-10-6-5-9-15(16)14-7-3-2-4-8-14/h2-10,13H,11-12H2,1H3,(H,18,19). The van der Waals surface area contributed by atoms with E-state index < -0.39 is 0 Å². The van der Waals surface area contributed by atoms with E-state index >= 15 is 0 Å². The van der Waals surface area contributed by atoms with Crippen molar-refractivity contribution < 1.29 is 0 Å². The van der Waals surface area contributed by atoms with Crippen LogP contribution >= 0.6 is 11.8 Å². The van der Waals surface area contributed by atoms with Gasteiger partial charge >= 0.3 is 0 Å². The van der Waals surface area contributed by atoms with Crippen LogP contribution in [0.25, 0.3) is 11.1 Å². The van der Waals surface area contributed by atoms with E-state index in [4.69, 9.17) is 0 Å². The molecule has 1 aliphatic rings. The molecule has 1 unspecified atom stereocenters. The smallest absolute Gasteiger partial charge is 0.161 e. The highest BCUT2D eigenvalue weighted by atomic mass is 32.2. The maximum Gasteiger partial charge on any atom is 0.161 e. The van der Waals surface area contributed by atoms with E-state index in [2.05, 4.69) is 65.8 Å². The summed E-state index contributed by atoms with van der Waals surface area (Å²) in [5.74, 6) is 1.81. The molecule has 2 aromatic rings. The molecule has 2 nitrogen and oxygen atoms in total. The third-order valence-electron chi connectivity index (χ3n) is 3.30. The fourth-order valence-electron chi connectivity index (χ4n) is 2.21. The molecule has 0 radical (unpaired) electrons. The lowest BCUT2D eigenvalue weighted by Crippen LogP contribution is -2.19. The van der Waals surface area contributed by atoms with Crippen molar-refractivity contribution in [3.63, 3.8) is 0 Å². The molecule has 2 aromatic carbocycles. The zero-order valence-corrected chi connectivity index (χ0v) is 12.4. The first-order chi connectivity index (χ1) is 9.83. The third-order valence-corrected chi connectivity index (χ3v) is 4.54. The van der Waals surface area contributed by atoms with Crippen molar-refractivity contribution in [2.45, 2.75) is 6.92 Å². The van der Waals surface area contributed by atoms with E-state index in [1.807, 2.05) is 17.8 Å². The Hall–Kier alpha value is -1.74. The fourth-order valence-corrected chi connectivity index (χ4v) is 3.11. The molecule has 0 aromatic heterocycles. The average Bonchev–Trinajstić information content (AvgIpc) is 2.51. The number of hydrogen-bond acceptors (Lipinski definition) is 3. The molecule has 0 aliphatic carbocycles. The van der Waals surface area contributed by atoms with Crippen LogP contribution in [0.1, 0.15) is 6.92 Å². The molecule has 0 bridgehead atoms. The molecule has 3 heteroatoms. The molecule has 0 spiro atoms. The Bertz CT molecular complexity index is 607. The molecule has 0 amide bonds. The number of thioether (sulfide) groups is 1. The summed E-state index contributed by atoms with van der Waals surface area (Å²) in [4.78, 5) is 4.61. The quantitative estimate of drug-likeness (QED) is 0.876. The van der Waals surface area contributed by atoms with Crippen molar-refractivity contribution in [1.29, 1.82) is 0 Å². The van der Waals surface area contributed by atoms with Gasteiger partial charge in [0.1, 0.15) is 0 Å². The minimum atomic E-state index is 0.676. The first-order valence-corrected chi connectivity index (χ1v) is 7.90. The Morgan fingerprint density at radius 1 is 1.05 bits per heavy atom. The predicted molar refractivity (Wildman–Crippen MR) is 89.4 cm³/mol. The molecule has 0 saturated carbocycles. The second-order valence-corrected chi connectivity index (χ2v) is 6.11. The normalized spacial score (nSPS) is 18.4. The van der Waals surface area contributed by atoms with E-state index in [9.17, 15) is 0 Å². The number of aliphatic imine (C=N–C) groups is 1. The Labute approximate surface area is 124 Å². The highest BCUT2D eigenvalue weighted by molar-refractivity contribution is 8.14. The molecule has 102 valence electrons. The van der Waals surface area contributed by atoms with Gasteiger partial charge < -0.3 is 5.32 Å². The molecule has 1 aliphatic heterocycles. The summed E-state index contributed by atoms with van der Waals surface area (Å²) in [6, 6.07) is 18.9. The number of anilines is 1. The van der Waals surface area contributed by atoms with Crippen LogP contribution in [0, 0.1) is 5.92 Å². The van der Waals surface area contributed by atoms with Crippen molar-refractivity contribution in [2.24, 2.45) is 10.9 Å². The van der Waals surface area contributed by atoms with E-state index in [-0.39, 0.29) is 0 Å². The summed E-state index contributed by atoms with van der Waals surface area (Å²) in [5.41, 5.74) is 3.57. The van der Waals surface area contributed by atoms with Gasteiger partial charge in [0.05, 0.1) is 0 Å². The molecule has 0 fully saturated rings. The molecule has 20 heavy (non-hydrogen) atoms. The minimum absolute atomic E-state index is 0.676. The Balaban J connectivity index is 1.87. The maximum atomic E-state index is 4.61. The van der Waals surface area contributed by atoms with Gasteiger partial charge in [0.15, 0.2) is 5.17 Å². The molecule has 1 atom stereocenters. The molecule has 0 saturated heterocycles. The Morgan fingerprint density at radius 2 is 1.80 bits per heavy atom.